The molecule has 0 aromatic heterocycles. The first-order valence-electron chi connectivity index (χ1n) is 5.94. The Morgan fingerprint density at radius 3 is 2.39 bits per heavy atom. The molecule has 0 saturated carbocycles. The number of methoxy groups -OCH3 is 1. The van der Waals surface area contributed by atoms with Crippen LogP contribution < -0.4 is 4.74 Å². The number of ether oxygens (including phenoxy) is 1. The summed E-state index contributed by atoms with van der Waals surface area (Å²) in [7, 11) is 1.57. The smallest absolute Gasteiger partial charge is 0.153 e. The third-order valence-corrected chi connectivity index (χ3v) is 3.18. The van der Waals surface area contributed by atoms with E-state index < -0.39 is 0 Å². The quantitative estimate of drug-likeness (QED) is 0.762. The Hall–Kier alpha value is -2.09. The average molecular weight is 240 g/mol. The number of hydrogen-bond donors (Lipinski definition) is 0. The van der Waals surface area contributed by atoms with Crippen LogP contribution in [0.2, 0.25) is 0 Å². The van der Waals surface area contributed by atoms with E-state index in [1.54, 1.807) is 7.11 Å². The second-order valence-corrected chi connectivity index (χ2v) is 4.25. The van der Waals surface area contributed by atoms with E-state index in [0.717, 1.165) is 11.8 Å². The van der Waals surface area contributed by atoms with Crippen molar-refractivity contribution >= 4 is 6.29 Å². The number of carbonyl (C=O) groups is 1. The minimum absolute atomic E-state index is 0.260. The molecular weight excluding hydrogens is 224 g/mol. The molecule has 0 amide bonds. The highest BCUT2D eigenvalue weighted by atomic mass is 16.5. The Kier molecular flexibility index (Phi) is 3.78. The summed E-state index contributed by atoms with van der Waals surface area (Å²) in [5.74, 6) is 0.879. The molecule has 18 heavy (non-hydrogen) atoms. The van der Waals surface area contributed by atoms with Crippen LogP contribution in [0, 0.1) is 0 Å². The Morgan fingerprint density at radius 2 is 1.78 bits per heavy atom. The van der Waals surface area contributed by atoms with E-state index in [9.17, 15) is 4.79 Å². The molecule has 0 fully saturated rings. The van der Waals surface area contributed by atoms with Crippen LogP contribution in [0.1, 0.15) is 34.3 Å². The summed E-state index contributed by atoms with van der Waals surface area (Å²) in [6.45, 7) is 2.13. The molecule has 0 aliphatic carbocycles. The predicted molar refractivity (Wildman–Crippen MR) is 72.3 cm³/mol. The third kappa shape index (κ3) is 2.43. The summed E-state index contributed by atoms with van der Waals surface area (Å²) in [6.07, 6.45) is 0.833. The van der Waals surface area contributed by atoms with Gasteiger partial charge in [-0.25, -0.2) is 0 Å². The zero-order valence-corrected chi connectivity index (χ0v) is 10.6. The first kappa shape index (κ1) is 12.4. The molecule has 0 bridgehead atoms. The van der Waals surface area contributed by atoms with Crippen molar-refractivity contribution in [2.75, 3.05) is 7.11 Å². The topological polar surface area (TPSA) is 26.3 Å². The van der Waals surface area contributed by atoms with Crippen molar-refractivity contribution in [3.05, 3.63) is 65.2 Å². The summed E-state index contributed by atoms with van der Waals surface area (Å²) in [5, 5.41) is 0. The summed E-state index contributed by atoms with van der Waals surface area (Å²) >= 11 is 0. The van der Waals surface area contributed by atoms with Gasteiger partial charge in [-0.2, -0.15) is 0 Å². The van der Waals surface area contributed by atoms with Crippen LogP contribution in [0.25, 0.3) is 0 Å². The van der Waals surface area contributed by atoms with Crippen molar-refractivity contribution in [1.82, 2.24) is 0 Å². The van der Waals surface area contributed by atoms with Gasteiger partial charge in [0.2, 0.25) is 0 Å². The Morgan fingerprint density at radius 1 is 1.06 bits per heavy atom. The fourth-order valence-corrected chi connectivity index (χ4v) is 2.05. The average Bonchev–Trinajstić information content (AvgIpc) is 2.46. The summed E-state index contributed by atoms with van der Waals surface area (Å²) < 4.78 is 5.15. The van der Waals surface area contributed by atoms with Crippen molar-refractivity contribution in [2.24, 2.45) is 0 Å². The van der Waals surface area contributed by atoms with Gasteiger partial charge in [0.05, 0.1) is 12.7 Å². The van der Waals surface area contributed by atoms with Crippen molar-refractivity contribution < 1.29 is 9.53 Å². The van der Waals surface area contributed by atoms with Crippen LogP contribution in [0.15, 0.2) is 48.5 Å². The number of hydrogen-bond acceptors (Lipinski definition) is 2. The molecular formula is C16H16O2. The van der Waals surface area contributed by atoms with Crippen molar-refractivity contribution in [1.29, 1.82) is 0 Å². The zero-order valence-electron chi connectivity index (χ0n) is 10.6. The first-order valence-corrected chi connectivity index (χ1v) is 5.94. The molecule has 2 heteroatoms. The summed E-state index contributed by atoms with van der Waals surface area (Å²) in [5.41, 5.74) is 2.95. The minimum atomic E-state index is 0.260. The number of rotatable bonds is 4. The molecule has 0 aliphatic rings. The molecule has 0 radical (unpaired) electrons. The van der Waals surface area contributed by atoms with E-state index in [2.05, 4.69) is 19.1 Å². The van der Waals surface area contributed by atoms with E-state index in [-0.39, 0.29) is 5.92 Å². The molecule has 2 aromatic rings. The van der Waals surface area contributed by atoms with Crippen LogP contribution in [-0.2, 0) is 0 Å². The molecule has 2 rings (SSSR count). The lowest BCUT2D eigenvalue weighted by atomic mass is 9.92. The molecule has 92 valence electrons. The van der Waals surface area contributed by atoms with Crippen LogP contribution >= 0.6 is 0 Å². The second-order valence-electron chi connectivity index (χ2n) is 4.25. The number of aldehydes is 1. The fourth-order valence-electron chi connectivity index (χ4n) is 2.05. The van der Waals surface area contributed by atoms with Gasteiger partial charge < -0.3 is 4.74 Å². The van der Waals surface area contributed by atoms with Crippen LogP contribution in [0.5, 0.6) is 5.75 Å². The molecule has 0 N–H and O–H groups in total. The van der Waals surface area contributed by atoms with Crippen molar-refractivity contribution in [3.63, 3.8) is 0 Å². The Labute approximate surface area is 107 Å². The van der Waals surface area contributed by atoms with Crippen LogP contribution in [0.4, 0.5) is 0 Å². The number of carbonyl (C=O) groups excluding carboxylic acids is 1. The van der Waals surface area contributed by atoms with Gasteiger partial charge in [-0.15, -0.1) is 0 Å². The summed E-state index contributed by atoms with van der Waals surface area (Å²) in [6, 6.07) is 16.0. The van der Waals surface area contributed by atoms with Gasteiger partial charge in [-0.05, 0) is 23.3 Å². The van der Waals surface area contributed by atoms with Gasteiger partial charge in [-0.3, -0.25) is 4.79 Å². The highest BCUT2D eigenvalue weighted by Gasteiger charge is 2.10. The molecule has 1 atom stereocenters. The third-order valence-electron chi connectivity index (χ3n) is 3.18. The van der Waals surface area contributed by atoms with Gasteiger partial charge >= 0.3 is 0 Å². The lowest BCUT2D eigenvalue weighted by Crippen LogP contribution is -1.98. The molecule has 0 saturated heterocycles. The molecule has 0 aliphatic heterocycles. The highest BCUT2D eigenvalue weighted by Crippen LogP contribution is 2.27. The highest BCUT2D eigenvalue weighted by molar-refractivity contribution is 5.79. The second kappa shape index (κ2) is 5.50. The maximum Gasteiger partial charge on any atom is 0.153 e. The molecule has 2 aromatic carbocycles. The molecule has 0 heterocycles. The van der Waals surface area contributed by atoms with E-state index in [0.29, 0.717) is 11.3 Å². The Balaban J connectivity index is 2.37. The molecule has 0 spiro atoms. The lowest BCUT2D eigenvalue weighted by Gasteiger charge is -2.14. The van der Waals surface area contributed by atoms with Gasteiger partial charge in [0.15, 0.2) is 6.29 Å². The van der Waals surface area contributed by atoms with E-state index in [1.807, 2.05) is 36.4 Å². The van der Waals surface area contributed by atoms with E-state index >= 15 is 0 Å². The molecule has 1 unspecified atom stereocenters. The van der Waals surface area contributed by atoms with E-state index in [4.69, 9.17) is 4.74 Å². The van der Waals surface area contributed by atoms with Crippen molar-refractivity contribution in [3.8, 4) is 5.75 Å². The SMILES string of the molecule is COc1ccc(C(C)c2ccccc2)cc1C=O. The molecule has 2 nitrogen and oxygen atoms in total. The van der Waals surface area contributed by atoms with Gasteiger partial charge in [0.25, 0.3) is 0 Å². The van der Waals surface area contributed by atoms with Crippen LogP contribution in [0.3, 0.4) is 0 Å². The monoisotopic (exact) mass is 240 g/mol. The fraction of sp³-hybridized carbons (Fsp3) is 0.188. The van der Waals surface area contributed by atoms with Crippen molar-refractivity contribution in [2.45, 2.75) is 12.8 Å². The Bertz CT molecular complexity index is 532. The maximum absolute atomic E-state index is 11.0. The standard InChI is InChI=1S/C16H16O2/c1-12(13-6-4-3-5-7-13)14-8-9-16(18-2)15(10-14)11-17/h3-12H,1-2H3. The summed E-state index contributed by atoms with van der Waals surface area (Å²) in [4.78, 5) is 11.0. The van der Waals surface area contributed by atoms with Crippen LogP contribution in [-0.4, -0.2) is 13.4 Å². The van der Waals surface area contributed by atoms with Gasteiger partial charge in [0, 0.05) is 5.92 Å². The normalized spacial score (nSPS) is 11.9. The predicted octanol–water partition coefficient (Wildman–Crippen LogP) is 3.66. The zero-order chi connectivity index (χ0) is 13.0. The van der Waals surface area contributed by atoms with Gasteiger partial charge in [-0.1, -0.05) is 43.3 Å². The largest absolute Gasteiger partial charge is 0.496 e. The van der Waals surface area contributed by atoms with Gasteiger partial charge in [0.1, 0.15) is 5.75 Å². The first-order chi connectivity index (χ1) is 8.76. The van der Waals surface area contributed by atoms with E-state index in [1.165, 1.54) is 5.56 Å². The lowest BCUT2D eigenvalue weighted by molar-refractivity contribution is 0.112. The number of benzene rings is 2. The minimum Gasteiger partial charge on any atom is -0.496 e. The maximum atomic E-state index is 11.0.